The number of hydrogen-bond acceptors (Lipinski definition) is 4. The Morgan fingerprint density at radius 1 is 0.862 bits per heavy atom. The number of carbonyl (C=O) groups excluding carboxylic acids is 2. The van der Waals surface area contributed by atoms with E-state index in [4.69, 9.17) is 0 Å². The third-order valence-corrected chi connectivity index (χ3v) is 4.52. The Kier molecular flexibility index (Phi) is 8.64. The molecule has 3 N–H and O–H groups in total. The molecule has 0 bridgehead atoms. The summed E-state index contributed by atoms with van der Waals surface area (Å²) in [7, 11) is 3.79. The van der Waals surface area contributed by atoms with E-state index in [1.54, 1.807) is 12.1 Å². The van der Waals surface area contributed by atoms with E-state index in [-0.39, 0.29) is 19.0 Å². The quantitative estimate of drug-likeness (QED) is 0.448. The van der Waals surface area contributed by atoms with Gasteiger partial charge < -0.3 is 15.5 Å². The minimum Gasteiger partial charge on any atom is -0.350 e. The fraction of sp³-hybridized carbons (Fsp3) is 0.364. The topological polar surface area (TPSA) is 84.9 Å². The van der Waals surface area contributed by atoms with Gasteiger partial charge in [-0.25, -0.2) is 9.86 Å². The summed E-state index contributed by atoms with van der Waals surface area (Å²) in [5, 5.41) is 15.6. The summed E-state index contributed by atoms with van der Waals surface area (Å²) in [5.74, 6) is -0.251. The molecule has 0 heterocycles. The normalized spacial score (nSPS) is 10.7. The van der Waals surface area contributed by atoms with Crippen LogP contribution in [0.25, 0.3) is 11.1 Å². The predicted molar refractivity (Wildman–Crippen MR) is 114 cm³/mol. The lowest BCUT2D eigenvalue weighted by atomic mass is 10.0. The lowest BCUT2D eigenvalue weighted by Gasteiger charge is -2.17. The number of hydroxylamine groups is 2. The molecule has 156 valence electrons. The van der Waals surface area contributed by atoms with Crippen molar-refractivity contribution in [1.82, 2.24) is 20.6 Å². The molecule has 7 heteroatoms. The number of aryl methyl sites for hydroxylation is 1. The van der Waals surface area contributed by atoms with Crippen LogP contribution in [-0.4, -0.2) is 67.4 Å². The third-order valence-electron chi connectivity index (χ3n) is 4.52. The minimum atomic E-state index is -0.584. The van der Waals surface area contributed by atoms with Crippen molar-refractivity contribution < 1.29 is 14.8 Å². The van der Waals surface area contributed by atoms with Crippen molar-refractivity contribution in [3.63, 3.8) is 0 Å². The van der Waals surface area contributed by atoms with Crippen LogP contribution in [0.2, 0.25) is 0 Å². The van der Waals surface area contributed by atoms with Crippen LogP contribution < -0.4 is 10.6 Å². The average Bonchev–Trinajstić information content (AvgIpc) is 2.73. The van der Waals surface area contributed by atoms with E-state index >= 15 is 0 Å². The van der Waals surface area contributed by atoms with Crippen molar-refractivity contribution in [2.75, 3.05) is 40.3 Å². The number of amides is 3. The molecule has 0 saturated carbocycles. The van der Waals surface area contributed by atoms with Gasteiger partial charge in [0.25, 0.3) is 5.91 Å². The maximum absolute atomic E-state index is 12.3. The van der Waals surface area contributed by atoms with Crippen molar-refractivity contribution >= 4 is 11.9 Å². The van der Waals surface area contributed by atoms with Crippen LogP contribution in [0.1, 0.15) is 22.8 Å². The number of likely N-dealkylation sites (N-methyl/N-ethyl adjacent to an activating group) is 1. The largest absolute Gasteiger partial charge is 0.350 e. The van der Waals surface area contributed by atoms with Gasteiger partial charge in [0.15, 0.2) is 0 Å². The molecule has 29 heavy (non-hydrogen) atoms. The second kappa shape index (κ2) is 11.2. The number of urea groups is 1. The van der Waals surface area contributed by atoms with Gasteiger partial charge in [0.1, 0.15) is 0 Å². The van der Waals surface area contributed by atoms with Gasteiger partial charge in [0, 0.05) is 25.2 Å². The number of carbonyl (C=O) groups is 2. The molecule has 2 aromatic carbocycles. The molecule has 0 aliphatic rings. The van der Waals surface area contributed by atoms with Crippen LogP contribution in [0, 0.1) is 0 Å². The number of nitrogens with zero attached hydrogens (tertiary/aromatic N) is 2. The molecule has 2 aromatic rings. The summed E-state index contributed by atoms with van der Waals surface area (Å²) < 4.78 is 0. The molecule has 3 amide bonds. The average molecular weight is 399 g/mol. The van der Waals surface area contributed by atoms with E-state index in [0.29, 0.717) is 23.7 Å². The first kappa shape index (κ1) is 22.4. The van der Waals surface area contributed by atoms with Gasteiger partial charge in [-0.1, -0.05) is 43.3 Å². The van der Waals surface area contributed by atoms with Crippen molar-refractivity contribution in [2.24, 2.45) is 0 Å². The summed E-state index contributed by atoms with van der Waals surface area (Å²) in [4.78, 5) is 25.9. The highest BCUT2D eigenvalue weighted by atomic mass is 16.5. The smallest absolute Gasteiger partial charge is 0.341 e. The van der Waals surface area contributed by atoms with Gasteiger partial charge in [-0.3, -0.25) is 10.0 Å². The zero-order valence-electron chi connectivity index (χ0n) is 17.3. The predicted octanol–water partition coefficient (Wildman–Crippen LogP) is 2.61. The van der Waals surface area contributed by atoms with Crippen LogP contribution in [0.3, 0.4) is 0 Å². The van der Waals surface area contributed by atoms with Gasteiger partial charge in [-0.05, 0) is 49.3 Å². The Balaban J connectivity index is 1.79. The number of nitrogens with one attached hydrogen (secondary N) is 2. The van der Waals surface area contributed by atoms with E-state index in [1.807, 2.05) is 31.1 Å². The second-order valence-corrected chi connectivity index (χ2v) is 7.04. The molecule has 0 aliphatic carbocycles. The van der Waals surface area contributed by atoms with E-state index in [2.05, 4.69) is 41.8 Å². The molecule has 0 fully saturated rings. The first-order valence-electron chi connectivity index (χ1n) is 9.77. The fourth-order valence-electron chi connectivity index (χ4n) is 2.70. The molecule has 0 unspecified atom stereocenters. The molecule has 0 radical (unpaired) electrons. The highest BCUT2D eigenvalue weighted by molar-refractivity contribution is 5.94. The summed E-state index contributed by atoms with van der Waals surface area (Å²) in [6.45, 7) is 3.38. The molecular formula is C22H30N4O3. The van der Waals surface area contributed by atoms with Crippen LogP contribution in [0.15, 0.2) is 48.5 Å². The first-order chi connectivity index (χ1) is 13.9. The molecule has 2 rings (SSSR count). The molecule has 0 aliphatic heterocycles. The van der Waals surface area contributed by atoms with Crippen molar-refractivity contribution in [2.45, 2.75) is 13.3 Å². The summed E-state index contributed by atoms with van der Waals surface area (Å²) in [6, 6.07) is 15.1. The number of rotatable bonds is 9. The molecule has 0 aromatic heterocycles. The van der Waals surface area contributed by atoms with Crippen LogP contribution in [0.4, 0.5) is 4.79 Å². The van der Waals surface area contributed by atoms with Gasteiger partial charge in [-0.15, -0.1) is 0 Å². The monoisotopic (exact) mass is 398 g/mol. The summed E-state index contributed by atoms with van der Waals surface area (Å²) in [6.07, 6.45) is 1.00. The van der Waals surface area contributed by atoms with E-state index < -0.39 is 6.03 Å². The van der Waals surface area contributed by atoms with E-state index in [1.165, 1.54) is 5.56 Å². The molecular weight excluding hydrogens is 368 g/mol. The zero-order valence-corrected chi connectivity index (χ0v) is 17.3. The molecule has 0 spiro atoms. The highest BCUT2D eigenvalue weighted by Gasteiger charge is 2.11. The van der Waals surface area contributed by atoms with Gasteiger partial charge in [0.2, 0.25) is 0 Å². The fourth-order valence-corrected chi connectivity index (χ4v) is 2.70. The first-order valence-corrected chi connectivity index (χ1v) is 9.77. The van der Waals surface area contributed by atoms with Crippen LogP contribution >= 0.6 is 0 Å². The van der Waals surface area contributed by atoms with Gasteiger partial charge in [-0.2, -0.15) is 0 Å². The lowest BCUT2D eigenvalue weighted by molar-refractivity contribution is -0.0414. The lowest BCUT2D eigenvalue weighted by Crippen LogP contribution is -2.43. The van der Waals surface area contributed by atoms with E-state index in [0.717, 1.165) is 17.5 Å². The third kappa shape index (κ3) is 7.21. The van der Waals surface area contributed by atoms with Crippen LogP contribution in [-0.2, 0) is 6.42 Å². The SMILES string of the molecule is CCc1ccc(-c2ccc(C(=O)NCCN(O)C(=O)NCCN(C)C)cc2)cc1. The Morgan fingerprint density at radius 3 is 1.97 bits per heavy atom. The zero-order chi connectivity index (χ0) is 21.2. The van der Waals surface area contributed by atoms with Crippen molar-refractivity contribution in [3.05, 3.63) is 59.7 Å². The Bertz CT molecular complexity index is 789. The minimum absolute atomic E-state index is 0.00139. The van der Waals surface area contributed by atoms with Gasteiger partial charge >= 0.3 is 6.03 Å². The maximum atomic E-state index is 12.3. The summed E-state index contributed by atoms with van der Waals surface area (Å²) >= 11 is 0. The Hall–Kier alpha value is -2.90. The van der Waals surface area contributed by atoms with E-state index in [9.17, 15) is 14.8 Å². The standard InChI is InChI=1S/C22H30N4O3/c1-4-17-5-7-18(8-6-17)19-9-11-20(12-10-19)21(27)23-14-16-26(29)22(28)24-13-15-25(2)3/h5-12,29H,4,13-16H2,1-3H3,(H,23,27)(H,24,28). The molecule has 0 atom stereocenters. The van der Waals surface area contributed by atoms with Gasteiger partial charge in [0.05, 0.1) is 6.54 Å². The maximum Gasteiger partial charge on any atom is 0.341 e. The molecule has 0 saturated heterocycles. The van der Waals surface area contributed by atoms with Crippen LogP contribution in [0.5, 0.6) is 0 Å². The number of benzene rings is 2. The molecule has 7 nitrogen and oxygen atoms in total. The Labute approximate surface area is 172 Å². The second-order valence-electron chi connectivity index (χ2n) is 7.04. The Morgan fingerprint density at radius 2 is 1.41 bits per heavy atom. The highest BCUT2D eigenvalue weighted by Crippen LogP contribution is 2.20. The van der Waals surface area contributed by atoms with Crippen molar-refractivity contribution in [3.8, 4) is 11.1 Å². The van der Waals surface area contributed by atoms with Crippen molar-refractivity contribution in [1.29, 1.82) is 0 Å². The number of hydrogen-bond donors (Lipinski definition) is 3. The summed E-state index contributed by atoms with van der Waals surface area (Å²) in [5.41, 5.74) is 3.96.